The standard InChI is InChI=1S/C13H14BrNO/c1-3-9(2)16-12-7-6-11(14)10-5-4-8-15-13(10)12/h4-9H,3H2,1-2H3/t9-/m0/s1. The van der Waals surface area contributed by atoms with Crippen LogP contribution in [0.15, 0.2) is 34.9 Å². The summed E-state index contributed by atoms with van der Waals surface area (Å²) in [5.74, 6) is 0.855. The number of halogens is 1. The third-order valence-corrected chi connectivity index (χ3v) is 3.27. The Morgan fingerprint density at radius 2 is 2.19 bits per heavy atom. The fourth-order valence-corrected chi connectivity index (χ4v) is 1.96. The van der Waals surface area contributed by atoms with E-state index >= 15 is 0 Å². The van der Waals surface area contributed by atoms with E-state index in [1.54, 1.807) is 6.20 Å². The first-order chi connectivity index (χ1) is 7.72. The molecule has 0 radical (unpaired) electrons. The molecule has 0 aliphatic heterocycles. The number of pyridine rings is 1. The zero-order valence-electron chi connectivity index (χ0n) is 9.40. The van der Waals surface area contributed by atoms with E-state index in [1.807, 2.05) is 24.3 Å². The van der Waals surface area contributed by atoms with Crippen molar-refractivity contribution in [1.29, 1.82) is 0 Å². The van der Waals surface area contributed by atoms with Crippen molar-refractivity contribution in [3.05, 3.63) is 34.9 Å². The topological polar surface area (TPSA) is 22.1 Å². The van der Waals surface area contributed by atoms with Crippen LogP contribution in [0.4, 0.5) is 0 Å². The molecule has 0 spiro atoms. The Balaban J connectivity index is 2.50. The van der Waals surface area contributed by atoms with Crippen LogP contribution in [0.1, 0.15) is 20.3 Å². The summed E-state index contributed by atoms with van der Waals surface area (Å²) in [6.07, 6.45) is 2.99. The zero-order valence-corrected chi connectivity index (χ0v) is 11.0. The van der Waals surface area contributed by atoms with Crippen LogP contribution in [0.5, 0.6) is 5.75 Å². The molecule has 0 saturated carbocycles. The van der Waals surface area contributed by atoms with Crippen LogP contribution in [-0.4, -0.2) is 11.1 Å². The van der Waals surface area contributed by atoms with Gasteiger partial charge in [-0.15, -0.1) is 0 Å². The molecule has 0 unspecified atom stereocenters. The lowest BCUT2D eigenvalue weighted by atomic mass is 10.2. The Hall–Kier alpha value is -1.09. The van der Waals surface area contributed by atoms with E-state index < -0.39 is 0 Å². The van der Waals surface area contributed by atoms with Gasteiger partial charge in [0, 0.05) is 16.1 Å². The largest absolute Gasteiger partial charge is 0.488 e. The normalized spacial score (nSPS) is 12.7. The van der Waals surface area contributed by atoms with Gasteiger partial charge in [-0.1, -0.05) is 28.9 Å². The maximum Gasteiger partial charge on any atom is 0.145 e. The van der Waals surface area contributed by atoms with Crippen molar-refractivity contribution in [1.82, 2.24) is 4.98 Å². The summed E-state index contributed by atoms with van der Waals surface area (Å²) in [5, 5.41) is 1.09. The molecule has 0 fully saturated rings. The highest BCUT2D eigenvalue weighted by atomic mass is 79.9. The van der Waals surface area contributed by atoms with E-state index in [0.29, 0.717) is 0 Å². The Bertz CT molecular complexity index is 498. The van der Waals surface area contributed by atoms with Crippen molar-refractivity contribution < 1.29 is 4.74 Å². The maximum absolute atomic E-state index is 5.85. The third kappa shape index (κ3) is 2.19. The SMILES string of the molecule is CC[C@H](C)Oc1ccc(Br)c2cccnc12. The Labute approximate surface area is 104 Å². The molecule has 2 nitrogen and oxygen atoms in total. The zero-order chi connectivity index (χ0) is 11.5. The molecule has 0 bridgehead atoms. The minimum absolute atomic E-state index is 0.214. The van der Waals surface area contributed by atoms with Crippen molar-refractivity contribution in [2.75, 3.05) is 0 Å². The fraction of sp³-hybridized carbons (Fsp3) is 0.308. The first kappa shape index (κ1) is 11.4. The predicted molar refractivity (Wildman–Crippen MR) is 69.8 cm³/mol. The Kier molecular flexibility index (Phi) is 3.44. The molecular weight excluding hydrogens is 266 g/mol. The second kappa shape index (κ2) is 4.83. The lowest BCUT2D eigenvalue weighted by molar-refractivity contribution is 0.220. The molecule has 1 aromatic heterocycles. The summed E-state index contributed by atoms with van der Waals surface area (Å²) in [6.45, 7) is 4.18. The van der Waals surface area contributed by atoms with Gasteiger partial charge in [0.25, 0.3) is 0 Å². The Morgan fingerprint density at radius 3 is 2.94 bits per heavy atom. The lowest BCUT2D eigenvalue weighted by Gasteiger charge is -2.14. The van der Waals surface area contributed by atoms with Gasteiger partial charge in [-0.25, -0.2) is 0 Å². The van der Waals surface area contributed by atoms with Crippen molar-refractivity contribution in [3.63, 3.8) is 0 Å². The molecule has 84 valence electrons. The van der Waals surface area contributed by atoms with Crippen LogP contribution in [0.2, 0.25) is 0 Å². The van der Waals surface area contributed by atoms with E-state index in [1.165, 1.54) is 0 Å². The van der Waals surface area contributed by atoms with Crippen molar-refractivity contribution in [2.45, 2.75) is 26.4 Å². The third-order valence-electron chi connectivity index (χ3n) is 2.58. The summed E-state index contributed by atoms with van der Waals surface area (Å²) >= 11 is 3.52. The Morgan fingerprint density at radius 1 is 1.38 bits per heavy atom. The number of fused-ring (bicyclic) bond motifs is 1. The molecule has 1 aromatic carbocycles. The van der Waals surface area contributed by atoms with Crippen LogP contribution in [-0.2, 0) is 0 Å². The van der Waals surface area contributed by atoms with Gasteiger partial charge in [-0.2, -0.15) is 0 Å². The fourth-order valence-electron chi connectivity index (χ4n) is 1.51. The minimum Gasteiger partial charge on any atom is -0.488 e. The highest BCUT2D eigenvalue weighted by molar-refractivity contribution is 9.10. The van der Waals surface area contributed by atoms with E-state index in [4.69, 9.17) is 4.74 Å². The number of aromatic nitrogens is 1. The average molecular weight is 280 g/mol. The molecule has 16 heavy (non-hydrogen) atoms. The van der Waals surface area contributed by atoms with Gasteiger partial charge < -0.3 is 4.74 Å². The van der Waals surface area contributed by atoms with E-state index in [0.717, 1.165) is 27.5 Å². The summed E-state index contributed by atoms with van der Waals surface area (Å²) in [7, 11) is 0. The van der Waals surface area contributed by atoms with Gasteiger partial charge in [0.05, 0.1) is 6.10 Å². The molecule has 0 aliphatic rings. The monoisotopic (exact) mass is 279 g/mol. The second-order valence-corrected chi connectivity index (χ2v) is 4.64. The molecule has 3 heteroatoms. The quantitative estimate of drug-likeness (QED) is 0.841. The summed E-state index contributed by atoms with van der Waals surface area (Å²) in [6, 6.07) is 7.93. The van der Waals surface area contributed by atoms with Crippen molar-refractivity contribution in [3.8, 4) is 5.75 Å². The van der Waals surface area contributed by atoms with E-state index in [2.05, 4.69) is 34.8 Å². The van der Waals surface area contributed by atoms with Gasteiger partial charge in [-0.05, 0) is 31.5 Å². The number of hydrogen-bond acceptors (Lipinski definition) is 2. The number of benzene rings is 1. The molecule has 0 saturated heterocycles. The van der Waals surface area contributed by atoms with Crippen LogP contribution in [0.25, 0.3) is 10.9 Å². The molecule has 0 amide bonds. The number of rotatable bonds is 3. The molecule has 0 N–H and O–H groups in total. The average Bonchev–Trinajstić information content (AvgIpc) is 2.33. The molecule has 0 aliphatic carbocycles. The molecular formula is C13H14BrNO. The predicted octanol–water partition coefficient (Wildman–Crippen LogP) is 4.17. The number of ether oxygens (including phenoxy) is 1. The first-order valence-electron chi connectivity index (χ1n) is 5.42. The number of nitrogens with zero attached hydrogens (tertiary/aromatic N) is 1. The van der Waals surface area contributed by atoms with Crippen LogP contribution >= 0.6 is 15.9 Å². The van der Waals surface area contributed by atoms with Gasteiger partial charge >= 0.3 is 0 Å². The van der Waals surface area contributed by atoms with Crippen LogP contribution < -0.4 is 4.74 Å². The maximum atomic E-state index is 5.85. The van der Waals surface area contributed by atoms with E-state index in [9.17, 15) is 0 Å². The smallest absolute Gasteiger partial charge is 0.145 e. The lowest BCUT2D eigenvalue weighted by Crippen LogP contribution is -2.10. The van der Waals surface area contributed by atoms with Crippen molar-refractivity contribution >= 4 is 26.8 Å². The molecule has 2 aromatic rings. The van der Waals surface area contributed by atoms with Gasteiger partial charge in [-0.3, -0.25) is 4.98 Å². The van der Waals surface area contributed by atoms with Gasteiger partial charge in [0.2, 0.25) is 0 Å². The summed E-state index contributed by atoms with van der Waals surface area (Å²) < 4.78 is 6.90. The van der Waals surface area contributed by atoms with Gasteiger partial charge in [0.15, 0.2) is 0 Å². The number of hydrogen-bond donors (Lipinski definition) is 0. The van der Waals surface area contributed by atoms with E-state index in [-0.39, 0.29) is 6.10 Å². The molecule has 1 heterocycles. The van der Waals surface area contributed by atoms with Gasteiger partial charge in [0.1, 0.15) is 11.3 Å². The highest BCUT2D eigenvalue weighted by Crippen LogP contribution is 2.30. The van der Waals surface area contributed by atoms with Crippen molar-refractivity contribution in [2.24, 2.45) is 0 Å². The summed E-state index contributed by atoms with van der Waals surface area (Å²) in [4.78, 5) is 4.37. The molecule has 1 atom stereocenters. The van der Waals surface area contributed by atoms with Crippen LogP contribution in [0.3, 0.4) is 0 Å². The minimum atomic E-state index is 0.214. The highest BCUT2D eigenvalue weighted by Gasteiger charge is 2.08. The first-order valence-corrected chi connectivity index (χ1v) is 6.21. The summed E-state index contributed by atoms with van der Waals surface area (Å²) in [5.41, 5.74) is 0.914. The molecule has 2 rings (SSSR count). The van der Waals surface area contributed by atoms with Crippen LogP contribution in [0, 0.1) is 0 Å². The second-order valence-electron chi connectivity index (χ2n) is 3.78.